The van der Waals surface area contributed by atoms with Crippen molar-refractivity contribution in [3.8, 4) is 56.3 Å². The first kappa shape index (κ1) is 31.3. The van der Waals surface area contributed by atoms with Crippen LogP contribution in [0.25, 0.3) is 61.6 Å². The highest BCUT2D eigenvalue weighted by Crippen LogP contribution is 2.39. The van der Waals surface area contributed by atoms with Crippen molar-refractivity contribution in [3.63, 3.8) is 0 Å². The first-order valence-electron chi connectivity index (χ1n) is 16.4. The van der Waals surface area contributed by atoms with Gasteiger partial charge in [0.1, 0.15) is 5.75 Å². The summed E-state index contributed by atoms with van der Waals surface area (Å²) in [5, 5.41) is 12.3. The van der Waals surface area contributed by atoms with E-state index in [1.54, 1.807) is 18.5 Å². The van der Waals surface area contributed by atoms with Crippen LogP contribution in [-0.4, -0.2) is 32.7 Å². The van der Waals surface area contributed by atoms with Crippen LogP contribution >= 0.6 is 0 Å². The summed E-state index contributed by atoms with van der Waals surface area (Å²) in [6, 6.07) is 37.9. The Hall–Kier alpha value is -5.33. The third-order valence-electron chi connectivity index (χ3n) is 8.94. The summed E-state index contributed by atoms with van der Waals surface area (Å²) < 4.78 is 2.10. The van der Waals surface area contributed by atoms with Gasteiger partial charge in [0.05, 0.1) is 30.4 Å². The van der Waals surface area contributed by atoms with Crippen LogP contribution in [0, 0.1) is 0 Å². The summed E-state index contributed by atoms with van der Waals surface area (Å²) in [5.41, 5.74) is 11.0. The summed E-state index contributed by atoms with van der Waals surface area (Å²) >= 11 is 0. The van der Waals surface area contributed by atoms with Crippen molar-refractivity contribution in [2.24, 2.45) is 0 Å². The summed E-state index contributed by atoms with van der Waals surface area (Å²) in [5.74, 6) is 0.774. The Balaban J connectivity index is 1.48. The number of hydrogen-bond donors (Lipinski definition) is 1. The van der Waals surface area contributed by atoms with E-state index in [1.807, 2.05) is 18.2 Å². The van der Waals surface area contributed by atoms with Gasteiger partial charge >= 0.3 is 0 Å². The number of pyridine rings is 2. The highest BCUT2D eigenvalue weighted by molar-refractivity contribution is 6.89. The lowest BCUT2D eigenvalue weighted by Crippen LogP contribution is -2.39. The fourth-order valence-electron chi connectivity index (χ4n) is 6.34. The van der Waals surface area contributed by atoms with Crippen LogP contribution in [0.15, 0.2) is 128 Å². The highest BCUT2D eigenvalue weighted by Gasteiger charge is 2.25. The largest absolute Gasteiger partial charge is 0.507 e. The van der Waals surface area contributed by atoms with E-state index < -0.39 is 8.07 Å². The van der Waals surface area contributed by atoms with Gasteiger partial charge in [-0.1, -0.05) is 107 Å². The number of hydrogen-bond acceptors (Lipinski definition) is 4. The van der Waals surface area contributed by atoms with Crippen LogP contribution in [0.2, 0.25) is 19.6 Å². The van der Waals surface area contributed by atoms with Gasteiger partial charge in [0, 0.05) is 35.4 Å². The maximum atomic E-state index is 10.9. The van der Waals surface area contributed by atoms with Gasteiger partial charge in [0.2, 0.25) is 0 Å². The number of nitrogens with zero attached hydrogens (tertiary/aromatic N) is 4. The minimum absolute atomic E-state index is 0.102. The third-order valence-corrected chi connectivity index (χ3v) is 11.0. The number of benzene rings is 4. The summed E-state index contributed by atoms with van der Waals surface area (Å²) in [6.07, 6.45) is 5.38. The first-order valence-corrected chi connectivity index (χ1v) is 19.9. The fraction of sp³-hybridized carbons (Fsp3) is 0.167. The molecule has 1 N–H and O–H groups in total. The Bertz CT molecular complexity index is 2260. The molecule has 0 amide bonds. The molecule has 48 heavy (non-hydrogen) atoms. The number of fused-ring (bicyclic) bond motifs is 1. The molecule has 0 spiro atoms. The van der Waals surface area contributed by atoms with E-state index in [-0.39, 0.29) is 11.2 Å². The second kappa shape index (κ2) is 12.0. The van der Waals surface area contributed by atoms with E-state index in [9.17, 15) is 5.11 Å². The molecule has 0 aliphatic rings. The zero-order valence-electron chi connectivity index (χ0n) is 28.4. The number of para-hydroxylation sites is 2. The number of aromatic nitrogens is 4. The van der Waals surface area contributed by atoms with Gasteiger partial charge < -0.3 is 5.11 Å². The van der Waals surface area contributed by atoms with Crippen LogP contribution in [0.1, 0.15) is 26.3 Å². The van der Waals surface area contributed by atoms with Crippen molar-refractivity contribution in [2.45, 2.75) is 45.8 Å². The second-order valence-corrected chi connectivity index (χ2v) is 19.5. The average Bonchev–Trinajstić information content (AvgIpc) is 3.47. The molecule has 238 valence electrons. The number of aromatic hydroxyl groups is 1. The van der Waals surface area contributed by atoms with Gasteiger partial charge in [-0.05, 0) is 75.3 Å². The summed E-state index contributed by atoms with van der Waals surface area (Å²) in [7, 11) is -1.68. The topological polar surface area (TPSA) is 63.8 Å². The van der Waals surface area contributed by atoms with Crippen LogP contribution in [-0.2, 0) is 5.41 Å². The average molecular weight is 645 g/mol. The fourth-order valence-corrected chi connectivity index (χ4v) is 7.82. The van der Waals surface area contributed by atoms with Gasteiger partial charge in [0.15, 0.2) is 5.82 Å². The van der Waals surface area contributed by atoms with Gasteiger partial charge in [-0.15, -0.1) is 0 Å². The van der Waals surface area contributed by atoms with E-state index in [1.165, 1.54) is 21.9 Å². The molecular weight excluding hydrogens is 605 g/mol. The Morgan fingerprint density at radius 3 is 2.06 bits per heavy atom. The predicted octanol–water partition coefficient (Wildman–Crippen LogP) is 10.0. The molecule has 3 aromatic heterocycles. The lowest BCUT2D eigenvalue weighted by atomic mass is 9.83. The molecule has 0 unspecified atom stereocenters. The summed E-state index contributed by atoms with van der Waals surface area (Å²) in [6.45, 7) is 13.9. The maximum Gasteiger partial charge on any atom is 0.151 e. The normalized spacial score (nSPS) is 12.0. The molecular formula is C42H40N4OSi. The number of rotatable bonds is 6. The zero-order valence-corrected chi connectivity index (χ0v) is 29.4. The molecule has 5 nitrogen and oxygen atoms in total. The third kappa shape index (κ3) is 5.84. The molecule has 0 radical (unpaired) electrons. The highest BCUT2D eigenvalue weighted by atomic mass is 28.3. The molecule has 6 heteroatoms. The lowest BCUT2D eigenvalue weighted by molar-refractivity contribution is 0.476. The van der Waals surface area contributed by atoms with Crippen molar-refractivity contribution in [3.05, 3.63) is 133 Å². The minimum atomic E-state index is -1.68. The van der Waals surface area contributed by atoms with Crippen molar-refractivity contribution < 1.29 is 5.11 Å². The van der Waals surface area contributed by atoms with E-state index in [4.69, 9.17) is 9.97 Å². The van der Waals surface area contributed by atoms with E-state index in [0.29, 0.717) is 11.4 Å². The Kier molecular flexibility index (Phi) is 7.84. The number of imidazole rings is 1. The molecule has 4 aromatic carbocycles. The Labute approximate surface area is 283 Å². The van der Waals surface area contributed by atoms with Crippen LogP contribution in [0.4, 0.5) is 0 Å². The van der Waals surface area contributed by atoms with Crippen molar-refractivity contribution in [1.29, 1.82) is 0 Å². The van der Waals surface area contributed by atoms with E-state index in [2.05, 4.69) is 141 Å². The Morgan fingerprint density at radius 1 is 0.667 bits per heavy atom. The first-order chi connectivity index (χ1) is 23.0. The summed E-state index contributed by atoms with van der Waals surface area (Å²) in [4.78, 5) is 14.7. The van der Waals surface area contributed by atoms with Crippen molar-refractivity contribution in [1.82, 2.24) is 19.5 Å². The predicted molar refractivity (Wildman–Crippen MR) is 202 cm³/mol. The molecule has 0 bridgehead atoms. The molecule has 7 aromatic rings. The monoisotopic (exact) mass is 644 g/mol. The van der Waals surface area contributed by atoms with Gasteiger partial charge in [-0.25, -0.2) is 4.98 Å². The van der Waals surface area contributed by atoms with Crippen molar-refractivity contribution in [2.75, 3.05) is 0 Å². The SMILES string of the molecule is CC(C)(C)c1cc(-c2cc(-c3ccccc3)c([Si](C)(C)C)cn2)cc(-c2cccc3c2nc(-c2cnccc2O)n3-c2ccccc2)c1. The van der Waals surface area contributed by atoms with Crippen LogP contribution < -0.4 is 5.19 Å². The molecule has 7 rings (SSSR count). The second-order valence-electron chi connectivity index (χ2n) is 14.5. The molecule has 0 aliphatic carbocycles. The van der Waals surface area contributed by atoms with Crippen LogP contribution in [0.3, 0.4) is 0 Å². The quantitative estimate of drug-likeness (QED) is 0.183. The molecule has 0 atom stereocenters. The molecule has 3 heterocycles. The molecule has 0 saturated carbocycles. The Morgan fingerprint density at radius 2 is 1.38 bits per heavy atom. The minimum Gasteiger partial charge on any atom is -0.507 e. The molecule has 0 fully saturated rings. The molecule has 0 aliphatic heterocycles. The maximum absolute atomic E-state index is 10.9. The van der Waals surface area contributed by atoms with Crippen LogP contribution in [0.5, 0.6) is 5.75 Å². The van der Waals surface area contributed by atoms with Gasteiger partial charge in [0.25, 0.3) is 0 Å². The standard InChI is InChI=1S/C42H40N4OSi/c1-42(2,3)31-23-29(22-30(24-31)36-25-34(28-14-9-7-10-15-28)39(27-44-36)48(4,5)6)33-18-13-19-37-40(33)45-41(35-26-43-21-20-38(35)47)46(37)32-16-11-8-12-17-32/h7-27H,1-6H3,(H,43,47). The van der Waals surface area contributed by atoms with Gasteiger partial charge in [-0.2, -0.15) is 0 Å². The van der Waals surface area contributed by atoms with Gasteiger partial charge in [-0.3, -0.25) is 14.5 Å². The zero-order chi connectivity index (χ0) is 33.6. The van der Waals surface area contributed by atoms with E-state index in [0.717, 1.165) is 39.1 Å². The van der Waals surface area contributed by atoms with Crippen molar-refractivity contribution >= 4 is 24.3 Å². The molecule has 0 saturated heterocycles. The smallest absolute Gasteiger partial charge is 0.151 e. The van der Waals surface area contributed by atoms with E-state index >= 15 is 0 Å². The lowest BCUT2D eigenvalue weighted by Gasteiger charge is -2.23.